The molecule has 1 aromatic heterocycles. The van der Waals surface area contributed by atoms with Crippen molar-refractivity contribution in [3.05, 3.63) is 45.9 Å². The number of carboxylic acid groups (broad SMARTS) is 1. The Bertz CT molecular complexity index is 1410. The largest absolute Gasteiger partial charge is 0.496 e. The molecule has 1 fully saturated rings. The monoisotopic (exact) mass is 567 g/mol. The lowest BCUT2D eigenvalue weighted by atomic mass is 10.0. The molecule has 12 heteroatoms. The average Bonchev–Trinajstić information content (AvgIpc) is 3.14. The van der Waals surface area contributed by atoms with Gasteiger partial charge in [-0.1, -0.05) is 0 Å². The summed E-state index contributed by atoms with van der Waals surface area (Å²) in [6, 6.07) is 2.13. The number of pyridine rings is 1. The van der Waals surface area contributed by atoms with Crippen molar-refractivity contribution >= 4 is 23.9 Å². The summed E-state index contributed by atoms with van der Waals surface area (Å²) < 4.78 is 15.9. The Morgan fingerprint density at radius 1 is 1.23 bits per heavy atom. The van der Waals surface area contributed by atoms with Gasteiger partial charge in [0, 0.05) is 53.8 Å². The molecule has 4 heterocycles. The van der Waals surface area contributed by atoms with Crippen molar-refractivity contribution in [3.63, 3.8) is 0 Å². The van der Waals surface area contributed by atoms with E-state index in [1.54, 1.807) is 18.1 Å². The summed E-state index contributed by atoms with van der Waals surface area (Å²) >= 11 is 1.36. The van der Waals surface area contributed by atoms with Gasteiger partial charge in [-0.15, -0.1) is 0 Å². The maximum Gasteiger partial charge on any atom is 0.413 e. The Hall–Kier alpha value is -3.22. The van der Waals surface area contributed by atoms with Gasteiger partial charge in [-0.3, -0.25) is 14.8 Å². The van der Waals surface area contributed by atoms with Crippen LogP contribution in [0.15, 0.2) is 16.7 Å². The van der Waals surface area contributed by atoms with Crippen molar-refractivity contribution in [1.29, 1.82) is 0 Å². The molecule has 1 N–H and O–H groups in total. The summed E-state index contributed by atoms with van der Waals surface area (Å²) in [5.74, 6) is 1.73. The van der Waals surface area contributed by atoms with Gasteiger partial charge in [-0.2, -0.15) is 19.4 Å². The third kappa shape index (κ3) is 5.52. The van der Waals surface area contributed by atoms with Crippen LogP contribution in [0.3, 0.4) is 0 Å². The quantitative estimate of drug-likeness (QED) is 0.441. The molecule has 5 rings (SSSR count). The van der Waals surface area contributed by atoms with Crippen molar-refractivity contribution < 1.29 is 19.4 Å². The number of methoxy groups -OCH3 is 1. The molecule has 1 amide bonds. The molecule has 40 heavy (non-hydrogen) atoms. The second-order valence-electron chi connectivity index (χ2n) is 11.2. The summed E-state index contributed by atoms with van der Waals surface area (Å²) in [6.45, 7) is 14.1. The van der Waals surface area contributed by atoms with Crippen LogP contribution in [0.2, 0.25) is 0 Å². The number of hydrogen-bond donors (Lipinski definition) is 1. The first-order valence-corrected chi connectivity index (χ1v) is 14.4. The number of carbonyl (C=O) groups is 1. The predicted molar refractivity (Wildman–Crippen MR) is 154 cm³/mol. The van der Waals surface area contributed by atoms with Crippen LogP contribution in [-0.2, 0) is 23.5 Å². The van der Waals surface area contributed by atoms with E-state index < -0.39 is 11.6 Å². The highest BCUT2D eigenvalue weighted by atomic mass is 32.2. The van der Waals surface area contributed by atoms with Crippen LogP contribution in [0.4, 0.5) is 4.79 Å². The molecule has 4 aliphatic rings. The summed E-state index contributed by atoms with van der Waals surface area (Å²) in [7, 11) is 1.65. The van der Waals surface area contributed by atoms with Gasteiger partial charge < -0.3 is 14.6 Å². The number of amides is 1. The Morgan fingerprint density at radius 3 is 2.65 bits per heavy atom. The molecule has 11 nitrogen and oxygen atoms in total. The molecule has 3 aliphatic heterocycles. The third-order valence-corrected chi connectivity index (χ3v) is 8.14. The summed E-state index contributed by atoms with van der Waals surface area (Å²) in [5.41, 5.74) is 6.43. The lowest BCUT2D eigenvalue weighted by Gasteiger charge is -2.33. The fourth-order valence-corrected chi connectivity index (χ4v) is 6.23. The minimum Gasteiger partial charge on any atom is -0.496 e. The molecule has 1 aromatic rings. The summed E-state index contributed by atoms with van der Waals surface area (Å²) in [4.78, 5) is 22.5. The normalized spacial score (nSPS) is 16.1. The van der Waals surface area contributed by atoms with Gasteiger partial charge in [0.1, 0.15) is 18.0 Å². The van der Waals surface area contributed by atoms with Crippen molar-refractivity contribution in [2.45, 2.75) is 58.9 Å². The Balaban J connectivity index is 1.62. The number of hydrogen-bond acceptors (Lipinski definition) is 9. The minimum absolute atomic E-state index is 0.304. The molecular formula is C28H37N7O4S. The van der Waals surface area contributed by atoms with Gasteiger partial charge in [-0.05, 0) is 70.2 Å². The average molecular weight is 568 g/mol. The van der Waals surface area contributed by atoms with E-state index in [4.69, 9.17) is 24.1 Å². The molecule has 0 aromatic carbocycles. The van der Waals surface area contributed by atoms with Crippen molar-refractivity contribution in [1.82, 2.24) is 29.8 Å². The minimum atomic E-state index is -1.08. The van der Waals surface area contributed by atoms with Crippen LogP contribution in [0, 0.1) is 13.8 Å². The number of ether oxygens (including phenoxy) is 2. The molecule has 0 atom stereocenters. The third-order valence-electron chi connectivity index (χ3n) is 7.42. The molecular weight excluding hydrogens is 530 g/mol. The van der Waals surface area contributed by atoms with E-state index in [0.29, 0.717) is 23.8 Å². The number of amidine groups is 1. The molecule has 0 saturated carbocycles. The number of rotatable bonds is 6. The fraction of sp³-hybridized carbons (Fsp3) is 0.536. The van der Waals surface area contributed by atoms with Crippen LogP contribution < -0.4 is 4.74 Å². The highest BCUT2D eigenvalue weighted by molar-refractivity contribution is 7.97. The van der Waals surface area contributed by atoms with Gasteiger partial charge in [0.2, 0.25) is 0 Å². The van der Waals surface area contributed by atoms with E-state index in [9.17, 15) is 9.90 Å². The number of morpholine rings is 1. The van der Waals surface area contributed by atoms with E-state index in [0.717, 1.165) is 78.7 Å². The topological polar surface area (TPSA) is 118 Å². The zero-order chi connectivity index (χ0) is 28.6. The van der Waals surface area contributed by atoms with Crippen LogP contribution >= 0.6 is 11.9 Å². The van der Waals surface area contributed by atoms with Crippen LogP contribution in [0.25, 0.3) is 11.3 Å². The van der Waals surface area contributed by atoms with Crippen LogP contribution in [0.1, 0.15) is 54.4 Å². The first-order chi connectivity index (χ1) is 19.1. The highest BCUT2D eigenvalue weighted by Crippen LogP contribution is 2.40. The molecule has 214 valence electrons. The zero-order valence-corrected chi connectivity index (χ0v) is 24.8. The lowest BCUT2D eigenvalue weighted by Crippen LogP contribution is -2.49. The van der Waals surface area contributed by atoms with E-state index in [-0.39, 0.29) is 0 Å². The summed E-state index contributed by atoms with van der Waals surface area (Å²) in [5, 5.41) is 20.1. The highest BCUT2D eigenvalue weighted by Gasteiger charge is 2.37. The summed E-state index contributed by atoms with van der Waals surface area (Å²) in [6.07, 6.45) is 1.57. The molecule has 0 radical (unpaired) electrons. The zero-order valence-electron chi connectivity index (χ0n) is 24.0. The number of nitrogens with zero attached hydrogens (tertiary/aromatic N) is 7. The van der Waals surface area contributed by atoms with Crippen LogP contribution in [0.5, 0.6) is 5.75 Å². The Kier molecular flexibility index (Phi) is 8.03. The first-order valence-electron chi connectivity index (χ1n) is 13.5. The van der Waals surface area contributed by atoms with Gasteiger partial charge in [0.15, 0.2) is 5.84 Å². The standard InChI is InChI=1S/C28H37N7O4S/c1-17-14-29-22(18(2)25(17)38-6)15-34-30-21-13-19(7-8-33-9-11-39-12-10-33)20-16-40-32-26(24(31-34)23(20)21)35(27(36)37)28(3,4)5/h13-14H,7-12,15-16H2,1-6H3,(H,36,37). The number of aryl methyl sites for hydroxylation is 1. The molecule has 0 spiro atoms. The molecule has 0 bridgehead atoms. The number of aromatic nitrogens is 4. The lowest BCUT2D eigenvalue weighted by molar-refractivity contribution is 0.0384. The molecule has 1 aliphatic carbocycles. The van der Waals surface area contributed by atoms with E-state index in [1.807, 2.05) is 34.6 Å². The maximum absolute atomic E-state index is 12.5. The first kappa shape index (κ1) is 28.3. The van der Waals surface area contributed by atoms with E-state index in [1.165, 1.54) is 22.4 Å². The van der Waals surface area contributed by atoms with Crippen molar-refractivity contribution in [2.24, 2.45) is 4.40 Å². The van der Waals surface area contributed by atoms with Crippen molar-refractivity contribution in [3.8, 4) is 17.0 Å². The predicted octanol–water partition coefficient (Wildman–Crippen LogP) is 4.01. The molecule has 1 saturated heterocycles. The van der Waals surface area contributed by atoms with E-state index in [2.05, 4.69) is 16.0 Å². The maximum atomic E-state index is 12.5. The fourth-order valence-electron chi connectivity index (χ4n) is 5.42. The van der Waals surface area contributed by atoms with Crippen LogP contribution in [-0.4, -0.2) is 92.3 Å². The van der Waals surface area contributed by atoms with Crippen molar-refractivity contribution in [2.75, 3.05) is 40.0 Å². The van der Waals surface area contributed by atoms with E-state index >= 15 is 0 Å². The second-order valence-corrected chi connectivity index (χ2v) is 11.9. The Labute approximate surface area is 239 Å². The van der Waals surface area contributed by atoms with Gasteiger partial charge in [-0.25, -0.2) is 4.79 Å². The smallest absolute Gasteiger partial charge is 0.413 e. The molecule has 0 unspecified atom stereocenters. The van der Waals surface area contributed by atoms with Gasteiger partial charge >= 0.3 is 6.09 Å². The Morgan fingerprint density at radius 2 is 1.98 bits per heavy atom. The SMILES string of the molecule is COc1c(C)cnc(Cn2nc3cc(CCN4CCOCC4)c4c-3c(n2)C(N(C(=O)O)C(C)(C)C)=NSC4)c1C. The van der Waals surface area contributed by atoms with Gasteiger partial charge in [0.05, 0.1) is 31.7 Å². The second kappa shape index (κ2) is 11.3. The van der Waals surface area contributed by atoms with Gasteiger partial charge in [0.25, 0.3) is 0 Å².